The second-order valence-corrected chi connectivity index (χ2v) is 6.57. The van der Waals surface area contributed by atoms with E-state index in [0.717, 1.165) is 12.0 Å². The number of nitrogens with one attached hydrogen (secondary N) is 2. The summed E-state index contributed by atoms with van der Waals surface area (Å²) >= 11 is 5.88. The van der Waals surface area contributed by atoms with E-state index in [1.165, 1.54) is 6.92 Å². The van der Waals surface area contributed by atoms with E-state index < -0.39 is 0 Å². The van der Waals surface area contributed by atoms with Crippen LogP contribution in [0.25, 0.3) is 0 Å². The van der Waals surface area contributed by atoms with Crippen LogP contribution in [0.2, 0.25) is 5.02 Å². The summed E-state index contributed by atoms with van der Waals surface area (Å²) in [5.74, 6) is 0.136. The van der Waals surface area contributed by atoms with Gasteiger partial charge in [0.05, 0.1) is 12.5 Å². The fraction of sp³-hybridized carbons (Fsp3) is 0.529. The zero-order valence-corrected chi connectivity index (χ0v) is 15.9. The summed E-state index contributed by atoms with van der Waals surface area (Å²) in [6.07, 6.45) is 0.990. The van der Waals surface area contributed by atoms with Gasteiger partial charge in [0.25, 0.3) is 0 Å². The van der Waals surface area contributed by atoms with Crippen LogP contribution < -0.4 is 16.4 Å². The molecule has 0 spiro atoms. The van der Waals surface area contributed by atoms with Gasteiger partial charge in [-0.2, -0.15) is 0 Å². The number of nitrogens with two attached hydrogens (primary N) is 1. The summed E-state index contributed by atoms with van der Waals surface area (Å²) in [5.41, 5.74) is 6.55. The topological polar surface area (TPSA) is 84.2 Å². The Morgan fingerprint density at radius 2 is 1.75 bits per heavy atom. The molecule has 0 saturated carbocycles. The summed E-state index contributed by atoms with van der Waals surface area (Å²) in [4.78, 5) is 23.7. The van der Waals surface area contributed by atoms with E-state index in [9.17, 15) is 9.59 Å². The Kier molecular flexibility index (Phi) is 10.7. The Morgan fingerprint density at radius 1 is 1.17 bits per heavy atom. The van der Waals surface area contributed by atoms with Crippen molar-refractivity contribution in [3.05, 3.63) is 34.9 Å². The number of halogens is 2. The molecule has 0 saturated heterocycles. The van der Waals surface area contributed by atoms with Crippen LogP contribution in [0, 0.1) is 5.92 Å². The maximum atomic E-state index is 12.3. The maximum Gasteiger partial charge on any atom is 0.222 e. The number of hydrogen-bond acceptors (Lipinski definition) is 3. The summed E-state index contributed by atoms with van der Waals surface area (Å²) in [7, 11) is 0. The maximum absolute atomic E-state index is 12.3. The molecule has 2 unspecified atom stereocenters. The van der Waals surface area contributed by atoms with E-state index in [2.05, 4.69) is 24.5 Å². The molecule has 1 aromatic carbocycles. The molecule has 0 radical (unpaired) electrons. The quantitative estimate of drug-likeness (QED) is 0.652. The van der Waals surface area contributed by atoms with Crippen molar-refractivity contribution in [2.75, 3.05) is 6.54 Å². The van der Waals surface area contributed by atoms with Gasteiger partial charge in [-0.25, -0.2) is 0 Å². The summed E-state index contributed by atoms with van der Waals surface area (Å²) in [6, 6.07) is 6.67. The largest absolute Gasteiger partial charge is 0.352 e. The highest BCUT2D eigenvalue weighted by Gasteiger charge is 2.19. The predicted octanol–water partition coefficient (Wildman–Crippen LogP) is 2.82. The molecule has 0 aliphatic carbocycles. The molecule has 0 heterocycles. The normalized spacial score (nSPS) is 12.9. The Morgan fingerprint density at radius 3 is 2.21 bits per heavy atom. The first-order valence-electron chi connectivity index (χ1n) is 7.83. The second kappa shape index (κ2) is 11.3. The molecule has 0 aliphatic rings. The van der Waals surface area contributed by atoms with Gasteiger partial charge in [0.15, 0.2) is 0 Å². The summed E-state index contributed by atoms with van der Waals surface area (Å²) in [6.45, 7) is 6.00. The lowest BCUT2D eigenvalue weighted by atomic mass is 10.0. The van der Waals surface area contributed by atoms with Crippen LogP contribution in [0.4, 0.5) is 0 Å². The van der Waals surface area contributed by atoms with Crippen molar-refractivity contribution >= 4 is 35.8 Å². The number of hydrogen-bond donors (Lipinski definition) is 3. The van der Waals surface area contributed by atoms with Crippen LogP contribution in [0.3, 0.4) is 0 Å². The van der Waals surface area contributed by atoms with E-state index in [0.29, 0.717) is 17.5 Å². The van der Waals surface area contributed by atoms with Crippen molar-refractivity contribution in [3.63, 3.8) is 0 Å². The van der Waals surface area contributed by atoms with E-state index in [4.69, 9.17) is 17.3 Å². The number of amides is 2. The van der Waals surface area contributed by atoms with Crippen LogP contribution >= 0.6 is 24.0 Å². The number of carbonyl (C=O) groups excluding carboxylic acids is 2. The van der Waals surface area contributed by atoms with Crippen LogP contribution in [-0.4, -0.2) is 24.4 Å². The minimum atomic E-state index is -0.387. The van der Waals surface area contributed by atoms with Crippen molar-refractivity contribution in [2.24, 2.45) is 11.7 Å². The molecule has 0 bridgehead atoms. The number of carbonyl (C=O) groups is 2. The van der Waals surface area contributed by atoms with Gasteiger partial charge in [-0.1, -0.05) is 37.6 Å². The molecule has 2 amide bonds. The molecule has 7 heteroatoms. The predicted molar refractivity (Wildman–Crippen MR) is 100 cm³/mol. The smallest absolute Gasteiger partial charge is 0.222 e. The van der Waals surface area contributed by atoms with Gasteiger partial charge in [0.2, 0.25) is 11.8 Å². The van der Waals surface area contributed by atoms with Gasteiger partial charge in [0.1, 0.15) is 0 Å². The Bertz CT molecular complexity index is 521. The van der Waals surface area contributed by atoms with E-state index >= 15 is 0 Å². The summed E-state index contributed by atoms with van der Waals surface area (Å²) in [5, 5.41) is 6.36. The van der Waals surface area contributed by atoms with Crippen LogP contribution in [-0.2, 0) is 9.59 Å². The van der Waals surface area contributed by atoms with E-state index in [-0.39, 0.29) is 42.7 Å². The Labute approximate surface area is 155 Å². The molecule has 0 fully saturated rings. The molecular weight excluding hydrogens is 349 g/mol. The minimum absolute atomic E-state index is 0. The number of rotatable bonds is 8. The molecular formula is C17H27Cl2N3O2. The molecule has 0 aromatic heterocycles. The highest BCUT2D eigenvalue weighted by Crippen LogP contribution is 2.19. The number of benzene rings is 1. The van der Waals surface area contributed by atoms with E-state index in [1.54, 1.807) is 12.1 Å². The van der Waals surface area contributed by atoms with Crippen LogP contribution in [0.15, 0.2) is 24.3 Å². The zero-order valence-electron chi connectivity index (χ0n) is 14.3. The monoisotopic (exact) mass is 375 g/mol. The second-order valence-electron chi connectivity index (χ2n) is 6.14. The summed E-state index contributed by atoms with van der Waals surface area (Å²) < 4.78 is 0. The van der Waals surface area contributed by atoms with Gasteiger partial charge < -0.3 is 16.4 Å². The lowest BCUT2D eigenvalue weighted by Crippen LogP contribution is -2.42. The Balaban J connectivity index is 0.00000529. The van der Waals surface area contributed by atoms with Crippen molar-refractivity contribution in [3.8, 4) is 0 Å². The van der Waals surface area contributed by atoms with Crippen molar-refractivity contribution in [2.45, 2.75) is 45.7 Å². The third kappa shape index (κ3) is 8.52. The molecule has 1 aromatic rings. The van der Waals surface area contributed by atoms with E-state index in [1.807, 2.05) is 12.1 Å². The minimum Gasteiger partial charge on any atom is -0.352 e. The molecule has 136 valence electrons. The average molecular weight is 376 g/mol. The van der Waals surface area contributed by atoms with Crippen molar-refractivity contribution < 1.29 is 9.59 Å². The van der Waals surface area contributed by atoms with Crippen molar-refractivity contribution in [1.29, 1.82) is 0 Å². The molecule has 5 nitrogen and oxygen atoms in total. The van der Waals surface area contributed by atoms with Crippen molar-refractivity contribution in [1.82, 2.24) is 10.6 Å². The fourth-order valence-corrected chi connectivity index (χ4v) is 2.57. The van der Waals surface area contributed by atoms with Crippen LogP contribution in [0.1, 0.15) is 45.2 Å². The zero-order chi connectivity index (χ0) is 17.4. The average Bonchev–Trinajstić information content (AvgIpc) is 2.45. The third-order valence-corrected chi connectivity index (χ3v) is 3.70. The highest BCUT2D eigenvalue weighted by atomic mass is 35.5. The first-order chi connectivity index (χ1) is 10.8. The lowest BCUT2D eigenvalue weighted by Gasteiger charge is -2.22. The van der Waals surface area contributed by atoms with Gasteiger partial charge in [-0.3, -0.25) is 9.59 Å². The van der Waals surface area contributed by atoms with Crippen LogP contribution in [0.5, 0.6) is 0 Å². The highest BCUT2D eigenvalue weighted by molar-refractivity contribution is 6.30. The van der Waals surface area contributed by atoms with Gasteiger partial charge in [-0.15, -0.1) is 12.4 Å². The Hall–Kier alpha value is -1.30. The SMILES string of the molecule is CC(=O)NC(CC(=O)NC(CN)CC(C)C)c1ccc(Cl)cc1.Cl. The van der Waals surface area contributed by atoms with Gasteiger partial charge in [0, 0.05) is 24.5 Å². The molecule has 4 N–H and O–H groups in total. The molecule has 2 atom stereocenters. The molecule has 1 rings (SSSR count). The fourth-order valence-electron chi connectivity index (χ4n) is 2.45. The first kappa shape index (κ1) is 22.7. The third-order valence-electron chi connectivity index (χ3n) is 3.44. The first-order valence-corrected chi connectivity index (χ1v) is 8.21. The molecule has 0 aliphatic heterocycles. The van der Waals surface area contributed by atoms with Gasteiger partial charge in [-0.05, 0) is 30.0 Å². The lowest BCUT2D eigenvalue weighted by molar-refractivity contribution is -0.123. The molecule has 24 heavy (non-hydrogen) atoms. The van der Waals surface area contributed by atoms with Gasteiger partial charge >= 0.3 is 0 Å². The standard InChI is InChI=1S/C17H26ClN3O2.ClH/c1-11(2)8-15(10-19)21-17(23)9-16(20-12(3)22)13-4-6-14(18)7-5-13;/h4-7,11,15-16H,8-10,19H2,1-3H3,(H,20,22)(H,21,23);1H.